The number of benzene rings is 1. The molecule has 3 nitrogen and oxygen atoms in total. The van der Waals surface area contributed by atoms with E-state index in [9.17, 15) is 0 Å². The van der Waals surface area contributed by atoms with Gasteiger partial charge in [-0.2, -0.15) is 0 Å². The Bertz CT molecular complexity index is 456. The molecule has 1 aromatic carbocycles. The van der Waals surface area contributed by atoms with Crippen LogP contribution >= 0.6 is 0 Å². The summed E-state index contributed by atoms with van der Waals surface area (Å²) >= 11 is 0. The van der Waals surface area contributed by atoms with Crippen LogP contribution in [0.3, 0.4) is 0 Å². The summed E-state index contributed by atoms with van der Waals surface area (Å²) in [7, 11) is 1.71. The largest absolute Gasteiger partial charge is 0.497 e. The molecule has 0 bridgehead atoms. The van der Waals surface area contributed by atoms with Gasteiger partial charge in [0.15, 0.2) is 0 Å². The Kier molecular flexibility index (Phi) is 4.16. The predicted octanol–water partition coefficient (Wildman–Crippen LogP) is 3.69. The summed E-state index contributed by atoms with van der Waals surface area (Å²) in [5, 5.41) is 3.68. The molecule has 1 aliphatic heterocycles. The Morgan fingerprint density at radius 3 is 2.85 bits per heavy atom. The van der Waals surface area contributed by atoms with Crippen molar-refractivity contribution in [2.75, 3.05) is 13.7 Å². The van der Waals surface area contributed by atoms with Crippen molar-refractivity contribution in [3.8, 4) is 11.5 Å². The molecule has 0 aromatic heterocycles. The molecule has 110 valence electrons. The maximum atomic E-state index is 6.27. The van der Waals surface area contributed by atoms with Crippen molar-refractivity contribution in [2.45, 2.75) is 51.2 Å². The molecule has 1 fully saturated rings. The van der Waals surface area contributed by atoms with Gasteiger partial charge in [0.25, 0.3) is 0 Å². The molecule has 1 heterocycles. The summed E-state index contributed by atoms with van der Waals surface area (Å²) in [5.41, 5.74) is 1.29. The topological polar surface area (TPSA) is 30.5 Å². The molecule has 0 amide bonds. The molecular weight excluding hydrogens is 250 g/mol. The predicted molar refractivity (Wildman–Crippen MR) is 80.4 cm³/mol. The van der Waals surface area contributed by atoms with E-state index in [1.165, 1.54) is 24.8 Å². The number of fused-ring (bicyclic) bond motifs is 1. The molecule has 1 saturated carbocycles. The van der Waals surface area contributed by atoms with Gasteiger partial charge in [-0.05, 0) is 37.8 Å². The highest BCUT2D eigenvalue weighted by Crippen LogP contribution is 2.43. The van der Waals surface area contributed by atoms with Crippen LogP contribution in [0.2, 0.25) is 0 Å². The number of nitrogens with one attached hydrogen (secondary N) is 1. The zero-order valence-electron chi connectivity index (χ0n) is 12.5. The fourth-order valence-corrected chi connectivity index (χ4v) is 3.21. The van der Waals surface area contributed by atoms with Crippen LogP contribution in [-0.4, -0.2) is 19.8 Å². The first-order valence-corrected chi connectivity index (χ1v) is 7.89. The Morgan fingerprint density at radius 1 is 1.35 bits per heavy atom. The first-order chi connectivity index (χ1) is 9.81. The Hall–Kier alpha value is -1.22. The van der Waals surface area contributed by atoms with Gasteiger partial charge in [-0.25, -0.2) is 0 Å². The van der Waals surface area contributed by atoms with Crippen LogP contribution in [0.15, 0.2) is 18.2 Å². The highest BCUT2D eigenvalue weighted by molar-refractivity contribution is 5.44. The van der Waals surface area contributed by atoms with E-state index in [0.29, 0.717) is 12.1 Å². The fraction of sp³-hybridized carbons (Fsp3) is 0.647. The Labute approximate surface area is 121 Å². The quantitative estimate of drug-likeness (QED) is 0.889. The van der Waals surface area contributed by atoms with Crippen LogP contribution in [0.1, 0.15) is 50.6 Å². The maximum absolute atomic E-state index is 6.27. The van der Waals surface area contributed by atoms with Gasteiger partial charge < -0.3 is 14.8 Å². The second-order valence-electron chi connectivity index (χ2n) is 5.99. The monoisotopic (exact) mass is 275 g/mol. The third-order valence-corrected chi connectivity index (χ3v) is 4.66. The smallest absolute Gasteiger partial charge is 0.128 e. The molecule has 0 saturated heterocycles. The summed E-state index contributed by atoms with van der Waals surface area (Å²) in [5.74, 6) is 2.65. The van der Waals surface area contributed by atoms with Crippen LogP contribution < -0.4 is 14.8 Å². The van der Waals surface area contributed by atoms with Crippen molar-refractivity contribution >= 4 is 0 Å². The summed E-state index contributed by atoms with van der Waals surface area (Å²) in [6, 6.07) is 6.65. The molecular formula is C17H25NO2. The number of hydrogen-bond acceptors (Lipinski definition) is 3. The minimum Gasteiger partial charge on any atom is -0.497 e. The molecule has 2 atom stereocenters. The van der Waals surface area contributed by atoms with E-state index in [-0.39, 0.29) is 0 Å². The number of methoxy groups -OCH3 is 1. The lowest BCUT2D eigenvalue weighted by Crippen LogP contribution is -2.39. The lowest BCUT2D eigenvalue weighted by molar-refractivity contribution is 0.0529. The van der Waals surface area contributed by atoms with Gasteiger partial charge in [0.2, 0.25) is 0 Å². The molecule has 2 unspecified atom stereocenters. The van der Waals surface area contributed by atoms with Gasteiger partial charge in [-0.3, -0.25) is 0 Å². The van der Waals surface area contributed by atoms with E-state index in [2.05, 4.69) is 18.3 Å². The van der Waals surface area contributed by atoms with Crippen molar-refractivity contribution < 1.29 is 9.47 Å². The van der Waals surface area contributed by atoms with Crippen LogP contribution in [0, 0.1) is 5.92 Å². The summed E-state index contributed by atoms with van der Waals surface area (Å²) < 4.78 is 11.6. The summed E-state index contributed by atoms with van der Waals surface area (Å²) in [6.45, 7) is 3.28. The van der Waals surface area contributed by atoms with Crippen LogP contribution in [0.5, 0.6) is 11.5 Å². The van der Waals surface area contributed by atoms with Crippen LogP contribution in [0.25, 0.3) is 0 Å². The molecule has 3 heteroatoms. The minimum atomic E-state index is 0.373. The van der Waals surface area contributed by atoms with Gasteiger partial charge in [0.1, 0.15) is 17.6 Å². The van der Waals surface area contributed by atoms with Gasteiger partial charge in [0.05, 0.1) is 7.11 Å². The molecule has 2 aliphatic rings. The summed E-state index contributed by atoms with van der Waals surface area (Å²) in [6.07, 6.45) is 6.65. The standard InChI is InChI=1S/C17H25NO2/c1-3-9-18-15-11-16(12-5-4-6-12)20-17-10-13(19-2)7-8-14(15)17/h7-8,10,12,15-16,18H,3-6,9,11H2,1-2H3. The minimum absolute atomic E-state index is 0.373. The Morgan fingerprint density at radius 2 is 2.20 bits per heavy atom. The molecule has 0 radical (unpaired) electrons. The second-order valence-corrected chi connectivity index (χ2v) is 5.99. The first kappa shape index (κ1) is 13.7. The fourth-order valence-electron chi connectivity index (χ4n) is 3.21. The van der Waals surface area contributed by atoms with Crippen molar-refractivity contribution in [2.24, 2.45) is 5.92 Å². The van der Waals surface area contributed by atoms with Crippen molar-refractivity contribution in [3.05, 3.63) is 23.8 Å². The third-order valence-electron chi connectivity index (χ3n) is 4.66. The highest BCUT2D eigenvalue weighted by atomic mass is 16.5. The zero-order chi connectivity index (χ0) is 13.9. The average Bonchev–Trinajstić information content (AvgIpc) is 2.42. The second kappa shape index (κ2) is 6.04. The van der Waals surface area contributed by atoms with E-state index < -0.39 is 0 Å². The van der Waals surface area contributed by atoms with E-state index >= 15 is 0 Å². The number of hydrogen-bond donors (Lipinski definition) is 1. The van der Waals surface area contributed by atoms with Gasteiger partial charge in [-0.15, -0.1) is 0 Å². The van der Waals surface area contributed by atoms with E-state index in [0.717, 1.165) is 36.8 Å². The van der Waals surface area contributed by atoms with Crippen LogP contribution in [-0.2, 0) is 0 Å². The number of rotatable bonds is 5. The van der Waals surface area contributed by atoms with Crippen LogP contribution in [0.4, 0.5) is 0 Å². The summed E-state index contributed by atoms with van der Waals surface area (Å²) in [4.78, 5) is 0. The third kappa shape index (κ3) is 2.64. The van der Waals surface area contributed by atoms with E-state index in [1.807, 2.05) is 12.1 Å². The molecule has 1 aliphatic carbocycles. The average molecular weight is 275 g/mol. The van der Waals surface area contributed by atoms with E-state index in [4.69, 9.17) is 9.47 Å². The zero-order valence-corrected chi connectivity index (χ0v) is 12.5. The van der Waals surface area contributed by atoms with Gasteiger partial charge >= 0.3 is 0 Å². The lowest BCUT2D eigenvalue weighted by atomic mass is 9.77. The van der Waals surface area contributed by atoms with Crippen molar-refractivity contribution in [3.63, 3.8) is 0 Å². The molecule has 0 spiro atoms. The van der Waals surface area contributed by atoms with Gasteiger partial charge in [0, 0.05) is 24.1 Å². The molecule has 1 N–H and O–H groups in total. The molecule has 1 aromatic rings. The maximum Gasteiger partial charge on any atom is 0.128 e. The molecule has 3 rings (SSSR count). The lowest BCUT2D eigenvalue weighted by Gasteiger charge is -2.40. The molecule has 20 heavy (non-hydrogen) atoms. The van der Waals surface area contributed by atoms with Crippen molar-refractivity contribution in [1.29, 1.82) is 0 Å². The first-order valence-electron chi connectivity index (χ1n) is 7.89. The van der Waals surface area contributed by atoms with Gasteiger partial charge in [-0.1, -0.05) is 19.4 Å². The normalized spacial score (nSPS) is 25.5. The SMILES string of the molecule is CCCNC1CC(C2CCC2)Oc2cc(OC)ccc21. The van der Waals surface area contributed by atoms with Crippen molar-refractivity contribution in [1.82, 2.24) is 5.32 Å². The van der Waals surface area contributed by atoms with E-state index in [1.54, 1.807) is 7.11 Å². The number of ether oxygens (including phenoxy) is 2. The highest BCUT2D eigenvalue weighted by Gasteiger charge is 2.35. The Balaban J connectivity index is 1.83.